The molecule has 3 heterocycles. The fourth-order valence-electron chi connectivity index (χ4n) is 4.50. The summed E-state index contributed by atoms with van der Waals surface area (Å²) in [5.41, 5.74) is 4.67. The molecular weight excluding hydrogens is 448 g/mol. The van der Waals surface area contributed by atoms with Crippen LogP contribution in [0.5, 0.6) is 0 Å². The maximum atomic E-state index is 12.8. The van der Waals surface area contributed by atoms with E-state index in [0.29, 0.717) is 24.2 Å². The number of hydrogen-bond donors (Lipinski definition) is 3. The summed E-state index contributed by atoms with van der Waals surface area (Å²) in [6, 6.07) is 11.8. The highest BCUT2D eigenvalue weighted by Crippen LogP contribution is 2.28. The highest BCUT2D eigenvalue weighted by Gasteiger charge is 2.39. The molecule has 0 spiro atoms. The minimum absolute atomic E-state index is 0.163. The molecule has 5 rings (SSSR count). The molecule has 178 valence electrons. The van der Waals surface area contributed by atoms with Crippen LogP contribution in [-0.4, -0.2) is 46.6 Å². The Balaban J connectivity index is 1.17. The molecule has 5 amide bonds. The second-order valence-electron chi connectivity index (χ2n) is 8.81. The predicted molar refractivity (Wildman–Crippen MR) is 129 cm³/mol. The molecule has 3 aliphatic rings. The molecular formula is C25H24N6O4. The number of nitrogens with one attached hydrogen (secondary N) is 3. The van der Waals surface area contributed by atoms with Crippen molar-refractivity contribution >= 4 is 41.4 Å². The molecule has 10 nitrogen and oxygen atoms in total. The lowest BCUT2D eigenvalue weighted by atomic mass is 10.00. The number of amides is 5. The third-order valence-electron chi connectivity index (χ3n) is 6.37. The summed E-state index contributed by atoms with van der Waals surface area (Å²) in [5, 5.41) is 16.0. The highest BCUT2D eigenvalue weighted by molar-refractivity contribution is 6.11. The fourth-order valence-corrected chi connectivity index (χ4v) is 4.50. The number of imide groups is 1. The van der Waals surface area contributed by atoms with E-state index in [1.165, 1.54) is 4.90 Å². The van der Waals surface area contributed by atoms with Crippen molar-refractivity contribution < 1.29 is 19.2 Å². The van der Waals surface area contributed by atoms with Crippen molar-refractivity contribution in [1.29, 1.82) is 0 Å². The Labute approximate surface area is 201 Å². The molecule has 0 saturated carbocycles. The Kier molecular flexibility index (Phi) is 5.86. The first-order chi connectivity index (χ1) is 16.9. The van der Waals surface area contributed by atoms with Gasteiger partial charge < -0.3 is 15.5 Å². The lowest BCUT2D eigenvalue weighted by Gasteiger charge is -2.29. The van der Waals surface area contributed by atoms with E-state index in [0.717, 1.165) is 22.4 Å². The molecule has 1 fully saturated rings. The van der Waals surface area contributed by atoms with Gasteiger partial charge in [0.2, 0.25) is 11.8 Å². The maximum absolute atomic E-state index is 12.8. The Morgan fingerprint density at radius 1 is 1.14 bits per heavy atom. The van der Waals surface area contributed by atoms with Gasteiger partial charge >= 0.3 is 6.03 Å². The van der Waals surface area contributed by atoms with E-state index in [2.05, 4.69) is 26.2 Å². The number of nitrogens with zero attached hydrogens (tertiary/aromatic N) is 3. The summed E-state index contributed by atoms with van der Waals surface area (Å²) in [6.07, 6.45) is 2.32. The van der Waals surface area contributed by atoms with Gasteiger partial charge in [-0.25, -0.2) is 4.79 Å². The van der Waals surface area contributed by atoms with Crippen molar-refractivity contribution in [3.63, 3.8) is 0 Å². The molecule has 0 bridgehead atoms. The molecule has 2 aromatic rings. The first kappa shape index (κ1) is 22.5. The SMILES string of the molecule is CC1C=NN=C1c1ccc(NC(=O)NCc2ccc3c(c2)CN(C2CCC(=O)NC2=O)C3=O)cc1. The number of carbonyl (C=O) groups excluding carboxylic acids is 4. The van der Waals surface area contributed by atoms with Gasteiger partial charge in [0.15, 0.2) is 0 Å². The van der Waals surface area contributed by atoms with Crippen LogP contribution < -0.4 is 16.0 Å². The van der Waals surface area contributed by atoms with E-state index in [9.17, 15) is 19.2 Å². The van der Waals surface area contributed by atoms with Crippen molar-refractivity contribution in [2.24, 2.45) is 16.1 Å². The minimum atomic E-state index is -0.650. The fraction of sp³-hybridized carbons (Fsp3) is 0.280. The van der Waals surface area contributed by atoms with E-state index in [4.69, 9.17) is 0 Å². The van der Waals surface area contributed by atoms with Gasteiger partial charge in [0.05, 0.1) is 5.71 Å². The van der Waals surface area contributed by atoms with Crippen LogP contribution in [0.1, 0.15) is 46.8 Å². The molecule has 2 aromatic carbocycles. The number of hydrogen-bond acceptors (Lipinski definition) is 6. The number of piperidine rings is 1. The quantitative estimate of drug-likeness (QED) is 0.576. The zero-order chi connectivity index (χ0) is 24.5. The molecule has 0 aromatic heterocycles. The van der Waals surface area contributed by atoms with Gasteiger partial charge in [-0.1, -0.05) is 31.2 Å². The molecule has 2 unspecified atom stereocenters. The zero-order valence-electron chi connectivity index (χ0n) is 19.1. The smallest absolute Gasteiger partial charge is 0.319 e. The van der Waals surface area contributed by atoms with Crippen molar-refractivity contribution in [2.75, 3.05) is 5.32 Å². The van der Waals surface area contributed by atoms with Crippen molar-refractivity contribution in [3.8, 4) is 0 Å². The van der Waals surface area contributed by atoms with Crippen LogP contribution in [0, 0.1) is 5.92 Å². The average molecular weight is 473 g/mol. The van der Waals surface area contributed by atoms with E-state index < -0.39 is 11.9 Å². The third kappa shape index (κ3) is 4.54. The topological polar surface area (TPSA) is 132 Å². The number of fused-ring (bicyclic) bond motifs is 1. The second kappa shape index (κ2) is 9.13. The normalized spacial score (nSPS) is 21.0. The Bertz CT molecular complexity index is 1280. The van der Waals surface area contributed by atoms with Gasteiger partial charge in [0.1, 0.15) is 6.04 Å². The third-order valence-corrected chi connectivity index (χ3v) is 6.37. The van der Waals surface area contributed by atoms with Crippen LogP contribution in [-0.2, 0) is 22.7 Å². The van der Waals surface area contributed by atoms with Gasteiger partial charge in [-0.3, -0.25) is 19.7 Å². The number of anilines is 1. The number of carbonyl (C=O) groups is 4. The van der Waals surface area contributed by atoms with Crippen molar-refractivity contribution in [3.05, 3.63) is 64.7 Å². The summed E-state index contributed by atoms with van der Waals surface area (Å²) < 4.78 is 0. The highest BCUT2D eigenvalue weighted by atomic mass is 16.2. The van der Waals surface area contributed by atoms with E-state index >= 15 is 0 Å². The van der Waals surface area contributed by atoms with Crippen LogP contribution >= 0.6 is 0 Å². The van der Waals surface area contributed by atoms with E-state index in [-0.39, 0.29) is 36.7 Å². The Hall–Kier alpha value is -4.34. The molecule has 10 heteroatoms. The summed E-state index contributed by atoms with van der Waals surface area (Å²) in [7, 11) is 0. The number of urea groups is 1. The first-order valence-corrected chi connectivity index (χ1v) is 11.4. The van der Waals surface area contributed by atoms with Crippen LogP contribution in [0.2, 0.25) is 0 Å². The largest absolute Gasteiger partial charge is 0.334 e. The van der Waals surface area contributed by atoms with Crippen molar-refractivity contribution in [1.82, 2.24) is 15.5 Å². The Morgan fingerprint density at radius 3 is 2.66 bits per heavy atom. The van der Waals surface area contributed by atoms with E-state index in [1.807, 2.05) is 37.3 Å². The monoisotopic (exact) mass is 472 g/mol. The second-order valence-corrected chi connectivity index (χ2v) is 8.81. The molecule has 0 radical (unpaired) electrons. The molecule has 0 aliphatic carbocycles. The lowest BCUT2D eigenvalue weighted by molar-refractivity contribution is -0.136. The molecule has 2 atom stereocenters. The standard InChI is InChI=1S/C25H24N6O4/c1-14-11-27-30-22(14)16-3-5-18(6-4-16)28-25(35)26-12-15-2-7-19-17(10-15)13-31(24(19)34)20-8-9-21(32)29-23(20)33/h2-7,10-11,14,20H,8-9,12-13H2,1H3,(H2,26,28,35)(H,29,32,33). The van der Waals surface area contributed by atoms with Crippen LogP contribution in [0.15, 0.2) is 52.7 Å². The van der Waals surface area contributed by atoms with Gasteiger partial charge in [-0.15, -0.1) is 0 Å². The predicted octanol–water partition coefficient (Wildman–Crippen LogP) is 2.19. The molecule has 3 N–H and O–H groups in total. The van der Waals surface area contributed by atoms with Gasteiger partial charge in [0.25, 0.3) is 5.91 Å². The van der Waals surface area contributed by atoms with Crippen LogP contribution in [0.3, 0.4) is 0 Å². The summed E-state index contributed by atoms with van der Waals surface area (Å²) in [6.45, 7) is 2.59. The first-order valence-electron chi connectivity index (χ1n) is 11.4. The molecule has 3 aliphatic heterocycles. The number of benzene rings is 2. The molecule has 35 heavy (non-hydrogen) atoms. The van der Waals surface area contributed by atoms with Gasteiger partial charge in [-0.2, -0.15) is 10.2 Å². The van der Waals surface area contributed by atoms with Crippen LogP contribution in [0.4, 0.5) is 10.5 Å². The zero-order valence-corrected chi connectivity index (χ0v) is 19.1. The average Bonchev–Trinajstić information content (AvgIpc) is 3.41. The lowest BCUT2D eigenvalue weighted by Crippen LogP contribution is -2.52. The molecule has 1 saturated heterocycles. The Morgan fingerprint density at radius 2 is 1.94 bits per heavy atom. The van der Waals surface area contributed by atoms with Crippen LogP contribution in [0.25, 0.3) is 0 Å². The van der Waals surface area contributed by atoms with Gasteiger partial charge in [0, 0.05) is 42.9 Å². The minimum Gasteiger partial charge on any atom is -0.334 e. The summed E-state index contributed by atoms with van der Waals surface area (Å²) in [4.78, 5) is 50.3. The van der Waals surface area contributed by atoms with Crippen molar-refractivity contribution in [2.45, 2.75) is 38.9 Å². The number of rotatable bonds is 5. The van der Waals surface area contributed by atoms with Gasteiger partial charge in [-0.05, 0) is 41.3 Å². The maximum Gasteiger partial charge on any atom is 0.319 e. The summed E-state index contributed by atoms with van der Waals surface area (Å²) >= 11 is 0. The summed E-state index contributed by atoms with van der Waals surface area (Å²) in [5.74, 6) is -0.811. The van der Waals surface area contributed by atoms with E-state index in [1.54, 1.807) is 18.3 Å².